The van der Waals surface area contributed by atoms with Crippen LogP contribution < -0.4 is 0 Å². The van der Waals surface area contributed by atoms with E-state index in [1.54, 1.807) is 0 Å². The van der Waals surface area contributed by atoms with Crippen LogP contribution in [0.2, 0.25) is 0 Å². The topological polar surface area (TPSA) is 57.6 Å². The van der Waals surface area contributed by atoms with Crippen molar-refractivity contribution in [3.8, 4) is 0 Å². The van der Waals surface area contributed by atoms with Crippen molar-refractivity contribution in [2.45, 2.75) is 39.8 Å². The molecule has 1 aromatic rings. The predicted octanol–water partition coefficient (Wildman–Crippen LogP) is 2.25. The third kappa shape index (κ3) is 5.23. The lowest BCUT2D eigenvalue weighted by Gasteiger charge is -2.29. The van der Waals surface area contributed by atoms with Gasteiger partial charge >= 0.3 is 0 Å². The second-order valence-electron chi connectivity index (χ2n) is 5.56. The number of nitrogens with zero attached hydrogens (tertiary/aromatic N) is 1. The van der Waals surface area contributed by atoms with Gasteiger partial charge < -0.3 is 5.11 Å². The Morgan fingerprint density at radius 3 is 2.25 bits per heavy atom. The third-order valence-electron chi connectivity index (χ3n) is 3.12. The molecule has 20 heavy (non-hydrogen) atoms. The quantitative estimate of drug-likeness (QED) is 0.801. The lowest BCUT2D eigenvalue weighted by molar-refractivity contribution is 0.230. The third-order valence-corrected chi connectivity index (χ3v) is 5.41. The van der Waals surface area contributed by atoms with Crippen LogP contribution >= 0.6 is 0 Å². The normalized spacial score (nSPS) is 13.9. The molecule has 1 aromatic carbocycles. The number of hydrogen-bond donors (Lipinski definition) is 1. The van der Waals surface area contributed by atoms with Crippen molar-refractivity contribution < 1.29 is 13.5 Å². The van der Waals surface area contributed by atoms with E-state index in [-0.39, 0.29) is 24.3 Å². The van der Waals surface area contributed by atoms with Crippen LogP contribution in [-0.4, -0.2) is 36.2 Å². The molecule has 0 aliphatic rings. The van der Waals surface area contributed by atoms with E-state index < -0.39 is 10.0 Å². The molecule has 0 radical (unpaired) electrons. The van der Waals surface area contributed by atoms with Crippen molar-refractivity contribution in [1.29, 1.82) is 0 Å². The summed E-state index contributed by atoms with van der Waals surface area (Å²) in [7, 11) is -3.32. The zero-order valence-corrected chi connectivity index (χ0v) is 13.3. The molecular weight excluding hydrogens is 274 g/mol. The molecule has 0 bridgehead atoms. The fourth-order valence-electron chi connectivity index (χ4n) is 2.14. The van der Waals surface area contributed by atoms with E-state index in [1.807, 2.05) is 51.1 Å². The fraction of sp³-hybridized carbons (Fsp3) is 0.600. The average Bonchev–Trinajstić information content (AvgIpc) is 2.35. The summed E-state index contributed by atoms with van der Waals surface area (Å²) in [6, 6.07) is 9.35. The van der Waals surface area contributed by atoms with E-state index in [0.717, 1.165) is 5.56 Å². The van der Waals surface area contributed by atoms with Gasteiger partial charge in [-0.05, 0) is 24.8 Å². The minimum Gasteiger partial charge on any atom is -0.396 e. The molecule has 0 fully saturated rings. The highest BCUT2D eigenvalue weighted by Gasteiger charge is 2.27. The van der Waals surface area contributed by atoms with E-state index in [2.05, 4.69) is 0 Å². The number of aliphatic hydroxyl groups excluding tert-OH is 1. The summed E-state index contributed by atoms with van der Waals surface area (Å²) >= 11 is 0. The van der Waals surface area contributed by atoms with Gasteiger partial charge in [0.05, 0.1) is 5.75 Å². The average molecular weight is 299 g/mol. The maximum absolute atomic E-state index is 12.5. The van der Waals surface area contributed by atoms with Gasteiger partial charge in [-0.15, -0.1) is 0 Å². The first-order valence-corrected chi connectivity index (χ1v) is 8.62. The molecule has 0 aliphatic carbocycles. The van der Waals surface area contributed by atoms with Gasteiger partial charge in [0.1, 0.15) is 0 Å². The van der Waals surface area contributed by atoms with Gasteiger partial charge in [0.2, 0.25) is 10.0 Å². The first kappa shape index (κ1) is 17.1. The van der Waals surface area contributed by atoms with E-state index in [0.29, 0.717) is 13.0 Å². The van der Waals surface area contributed by atoms with Crippen molar-refractivity contribution in [3.63, 3.8) is 0 Å². The summed E-state index contributed by atoms with van der Waals surface area (Å²) < 4.78 is 26.5. The molecule has 1 atom stereocenters. The monoisotopic (exact) mass is 299 g/mol. The molecule has 0 heterocycles. The molecule has 4 nitrogen and oxygen atoms in total. The zero-order valence-electron chi connectivity index (χ0n) is 12.5. The highest BCUT2D eigenvalue weighted by Crippen LogP contribution is 2.17. The minimum absolute atomic E-state index is 0.0103. The van der Waals surface area contributed by atoms with E-state index >= 15 is 0 Å². The van der Waals surface area contributed by atoms with Crippen LogP contribution in [0.4, 0.5) is 0 Å². The van der Waals surface area contributed by atoms with Crippen LogP contribution in [0.25, 0.3) is 0 Å². The van der Waals surface area contributed by atoms with Gasteiger partial charge in [-0.2, -0.15) is 4.31 Å². The van der Waals surface area contributed by atoms with E-state index in [9.17, 15) is 8.42 Å². The van der Waals surface area contributed by atoms with Crippen LogP contribution in [-0.2, 0) is 16.6 Å². The van der Waals surface area contributed by atoms with E-state index in [1.165, 1.54) is 4.31 Å². The highest BCUT2D eigenvalue weighted by molar-refractivity contribution is 7.89. The second kappa shape index (κ2) is 7.76. The second-order valence-corrected chi connectivity index (χ2v) is 7.53. The Balaban J connectivity index is 2.96. The summed E-state index contributed by atoms with van der Waals surface area (Å²) in [6.45, 7) is 5.99. The largest absolute Gasteiger partial charge is 0.396 e. The summed E-state index contributed by atoms with van der Waals surface area (Å²) in [4.78, 5) is 0. The van der Waals surface area contributed by atoms with Crippen molar-refractivity contribution >= 4 is 10.0 Å². The molecule has 0 amide bonds. The highest BCUT2D eigenvalue weighted by atomic mass is 32.2. The summed E-state index contributed by atoms with van der Waals surface area (Å²) in [5, 5.41) is 9.08. The maximum atomic E-state index is 12.5. The number of hydrogen-bond acceptors (Lipinski definition) is 3. The molecular formula is C15H25NO3S. The molecule has 1 rings (SSSR count). The number of aliphatic hydroxyl groups is 1. The number of sulfonamides is 1. The lowest BCUT2D eigenvalue weighted by atomic mass is 10.2. The van der Waals surface area contributed by atoms with Crippen molar-refractivity contribution in [2.24, 2.45) is 5.92 Å². The molecule has 114 valence electrons. The first-order valence-electron chi connectivity index (χ1n) is 7.01. The Bertz CT molecular complexity index is 485. The van der Waals surface area contributed by atoms with Gasteiger partial charge in [0, 0.05) is 19.2 Å². The molecule has 0 saturated heterocycles. The Labute approximate surface area is 122 Å². The minimum atomic E-state index is -3.32. The Hall–Kier alpha value is -0.910. The lowest BCUT2D eigenvalue weighted by Crippen LogP contribution is -2.40. The van der Waals surface area contributed by atoms with Crippen molar-refractivity contribution in [1.82, 2.24) is 4.31 Å². The number of benzene rings is 1. The molecule has 0 spiro atoms. The molecule has 0 saturated carbocycles. The summed E-state index contributed by atoms with van der Waals surface area (Å²) in [6.07, 6.45) is 0.449. The van der Waals surface area contributed by atoms with Crippen LogP contribution in [0.1, 0.15) is 32.8 Å². The SMILES string of the molecule is CC(C)CS(=O)(=O)N(Cc1ccccc1)C(C)CCO. The predicted molar refractivity (Wildman–Crippen MR) is 81.8 cm³/mol. The van der Waals surface area contributed by atoms with Crippen molar-refractivity contribution in [2.75, 3.05) is 12.4 Å². The first-order chi connectivity index (χ1) is 9.36. The van der Waals surface area contributed by atoms with Crippen LogP contribution in [0.15, 0.2) is 30.3 Å². The Morgan fingerprint density at radius 1 is 1.15 bits per heavy atom. The van der Waals surface area contributed by atoms with Gasteiger partial charge in [0.25, 0.3) is 0 Å². The molecule has 5 heteroatoms. The standard InChI is InChI=1S/C15H25NO3S/c1-13(2)12-20(18,19)16(14(3)9-10-17)11-15-7-5-4-6-8-15/h4-8,13-14,17H,9-12H2,1-3H3. The maximum Gasteiger partial charge on any atom is 0.214 e. The summed E-state index contributed by atoms with van der Waals surface area (Å²) in [5.41, 5.74) is 0.963. The molecule has 0 aromatic heterocycles. The molecule has 0 aliphatic heterocycles. The van der Waals surface area contributed by atoms with Crippen molar-refractivity contribution in [3.05, 3.63) is 35.9 Å². The fourth-order valence-corrected chi connectivity index (χ4v) is 4.17. The van der Waals surface area contributed by atoms with Gasteiger partial charge in [0.15, 0.2) is 0 Å². The van der Waals surface area contributed by atoms with Crippen LogP contribution in [0, 0.1) is 5.92 Å². The van der Waals surface area contributed by atoms with Crippen LogP contribution in [0.3, 0.4) is 0 Å². The Morgan fingerprint density at radius 2 is 1.75 bits per heavy atom. The van der Waals surface area contributed by atoms with E-state index in [4.69, 9.17) is 5.11 Å². The smallest absolute Gasteiger partial charge is 0.214 e. The summed E-state index contributed by atoms with van der Waals surface area (Å²) in [5.74, 6) is 0.217. The Kier molecular flexibility index (Phi) is 6.65. The van der Waals surface area contributed by atoms with Gasteiger partial charge in [-0.25, -0.2) is 8.42 Å². The van der Waals surface area contributed by atoms with Gasteiger partial charge in [-0.3, -0.25) is 0 Å². The molecule has 1 unspecified atom stereocenters. The van der Waals surface area contributed by atoms with Gasteiger partial charge in [-0.1, -0.05) is 44.2 Å². The van der Waals surface area contributed by atoms with Crippen LogP contribution in [0.5, 0.6) is 0 Å². The molecule has 1 N–H and O–H groups in total. The zero-order chi connectivity index (χ0) is 15.2. The number of rotatable bonds is 8.